The summed E-state index contributed by atoms with van der Waals surface area (Å²) in [5.74, 6) is 1.42. The van der Waals surface area contributed by atoms with Gasteiger partial charge in [-0.05, 0) is 18.3 Å². The van der Waals surface area contributed by atoms with Gasteiger partial charge >= 0.3 is 14.5 Å². The van der Waals surface area contributed by atoms with E-state index in [2.05, 4.69) is 53.4 Å². The average Bonchev–Trinajstić information content (AvgIpc) is 2.34. The molecule has 120 valence electrons. The first kappa shape index (κ1) is 20.5. The molecular weight excluding hydrogens is 261 g/mol. The van der Waals surface area contributed by atoms with Crippen molar-refractivity contribution in [2.24, 2.45) is 11.8 Å². The fraction of sp³-hybridized carbons (Fsp3) is 1.00. The van der Waals surface area contributed by atoms with E-state index in [9.17, 15) is 0 Å². The number of nitrogens with zero attached hydrogens (tertiary/aromatic N) is 1. The first-order valence-corrected chi connectivity index (χ1v) is 10.9. The minimum Gasteiger partial charge on any atom is -0.487 e. The van der Waals surface area contributed by atoms with Crippen LogP contribution in [-0.2, 0) is 3.79 Å². The van der Waals surface area contributed by atoms with Crippen molar-refractivity contribution in [2.45, 2.75) is 84.5 Å². The van der Waals surface area contributed by atoms with Gasteiger partial charge in [-0.1, -0.05) is 71.9 Å². The summed E-state index contributed by atoms with van der Waals surface area (Å²) in [6.07, 6.45) is 4.04. The normalized spacial score (nSPS) is 13.5. The van der Waals surface area contributed by atoms with E-state index in [1.54, 1.807) is 0 Å². The van der Waals surface area contributed by atoms with Crippen LogP contribution >= 0.6 is 0 Å². The molecule has 0 aliphatic heterocycles. The van der Waals surface area contributed by atoms with Gasteiger partial charge in [0.25, 0.3) is 0 Å². The standard InChI is InChI=1S/C11H24NO.2C3H7.Al/c1-6-11(13)12(7-9(2)3)8-10(4)5;2*1-3-2;/h9-11H,6-8H2,1-5H3;2*1,3H2,2H3;/q-1;;;+1. The Kier molecular flexibility index (Phi) is 12.3. The second-order valence-corrected chi connectivity index (χ2v) is 9.61. The van der Waals surface area contributed by atoms with Crippen molar-refractivity contribution in [2.75, 3.05) is 13.1 Å². The lowest BCUT2D eigenvalue weighted by Gasteiger charge is -2.36. The van der Waals surface area contributed by atoms with E-state index >= 15 is 0 Å². The van der Waals surface area contributed by atoms with Gasteiger partial charge in [0.15, 0.2) is 0 Å². The van der Waals surface area contributed by atoms with Crippen LogP contribution in [0.15, 0.2) is 0 Å². The summed E-state index contributed by atoms with van der Waals surface area (Å²) in [7, 11) is 0. The molecule has 1 unspecified atom stereocenters. The van der Waals surface area contributed by atoms with Crippen LogP contribution in [0.4, 0.5) is 0 Å². The summed E-state index contributed by atoms with van der Waals surface area (Å²) < 4.78 is 6.61. The van der Waals surface area contributed by atoms with Crippen molar-refractivity contribution in [1.29, 1.82) is 0 Å². The molecule has 0 aromatic carbocycles. The molecule has 0 aliphatic rings. The Morgan fingerprint density at radius 3 is 1.60 bits per heavy atom. The minimum atomic E-state index is -0.998. The lowest BCUT2D eigenvalue weighted by atomic mass is 10.1. The van der Waals surface area contributed by atoms with E-state index in [0.717, 1.165) is 19.5 Å². The molecule has 0 aliphatic carbocycles. The van der Waals surface area contributed by atoms with E-state index in [4.69, 9.17) is 3.79 Å². The molecule has 0 rings (SSSR count). The van der Waals surface area contributed by atoms with E-state index in [1.165, 1.54) is 23.4 Å². The number of hydrogen-bond acceptors (Lipinski definition) is 2. The molecule has 0 saturated carbocycles. The smallest absolute Gasteiger partial charge is 0.461 e. The van der Waals surface area contributed by atoms with Gasteiger partial charge in [-0.2, -0.15) is 0 Å². The Bertz CT molecular complexity index is 205. The number of rotatable bonds is 12. The lowest BCUT2D eigenvalue weighted by Crippen LogP contribution is -2.44. The van der Waals surface area contributed by atoms with Gasteiger partial charge in [-0.15, -0.1) is 0 Å². The molecule has 0 radical (unpaired) electrons. The highest BCUT2D eigenvalue weighted by molar-refractivity contribution is 6.51. The number of hydrogen-bond donors (Lipinski definition) is 0. The van der Waals surface area contributed by atoms with Gasteiger partial charge in [0, 0.05) is 13.1 Å². The highest BCUT2D eigenvalue weighted by Gasteiger charge is 2.26. The predicted octanol–water partition coefficient (Wildman–Crippen LogP) is 5.16. The predicted molar refractivity (Wildman–Crippen MR) is 92.4 cm³/mol. The summed E-state index contributed by atoms with van der Waals surface area (Å²) in [6.45, 7) is 18.4. The van der Waals surface area contributed by atoms with Crippen molar-refractivity contribution in [3.63, 3.8) is 0 Å². The van der Waals surface area contributed by atoms with Gasteiger partial charge in [0.1, 0.15) is 0 Å². The third kappa shape index (κ3) is 9.40. The molecule has 0 saturated heterocycles. The third-order valence-electron chi connectivity index (χ3n) is 3.53. The van der Waals surface area contributed by atoms with Gasteiger partial charge in [-0.3, -0.25) is 4.90 Å². The molecule has 0 amide bonds. The van der Waals surface area contributed by atoms with Crippen molar-refractivity contribution < 1.29 is 3.79 Å². The molecule has 3 heteroatoms. The van der Waals surface area contributed by atoms with E-state index in [0.29, 0.717) is 18.1 Å². The minimum absolute atomic E-state index is 0.356. The summed E-state index contributed by atoms with van der Waals surface area (Å²) in [6, 6.07) is 0. The molecule has 2 nitrogen and oxygen atoms in total. The van der Waals surface area contributed by atoms with Crippen molar-refractivity contribution in [3.8, 4) is 0 Å². The molecule has 0 heterocycles. The van der Waals surface area contributed by atoms with E-state index in [-0.39, 0.29) is 0 Å². The zero-order chi connectivity index (χ0) is 15.5. The Morgan fingerprint density at radius 1 is 0.850 bits per heavy atom. The topological polar surface area (TPSA) is 12.5 Å². The second-order valence-electron chi connectivity index (χ2n) is 6.94. The van der Waals surface area contributed by atoms with Crippen molar-refractivity contribution in [1.82, 2.24) is 4.90 Å². The van der Waals surface area contributed by atoms with Crippen LogP contribution in [0.1, 0.15) is 67.7 Å². The quantitative estimate of drug-likeness (QED) is 0.364. The molecule has 0 aromatic rings. The molecule has 0 aromatic heterocycles. The molecule has 1 atom stereocenters. The Hall–Kier alpha value is 0.452. The van der Waals surface area contributed by atoms with Gasteiger partial charge in [0.05, 0.1) is 6.23 Å². The molecule has 0 spiro atoms. The maximum absolute atomic E-state index is 6.61. The lowest BCUT2D eigenvalue weighted by molar-refractivity contribution is 0.00382. The average molecular weight is 299 g/mol. The van der Waals surface area contributed by atoms with Gasteiger partial charge in [0.2, 0.25) is 0 Å². The fourth-order valence-electron chi connectivity index (χ4n) is 2.83. The van der Waals surface area contributed by atoms with Gasteiger partial charge < -0.3 is 3.79 Å². The Labute approximate surface area is 133 Å². The summed E-state index contributed by atoms with van der Waals surface area (Å²) in [5.41, 5.74) is 0. The van der Waals surface area contributed by atoms with Crippen LogP contribution in [0.2, 0.25) is 10.6 Å². The zero-order valence-corrected chi connectivity index (χ0v) is 16.3. The van der Waals surface area contributed by atoms with Crippen LogP contribution in [-0.4, -0.2) is 38.7 Å². The monoisotopic (exact) mass is 299 g/mol. The van der Waals surface area contributed by atoms with E-state index in [1.807, 2.05) is 0 Å². The van der Waals surface area contributed by atoms with Crippen molar-refractivity contribution in [3.05, 3.63) is 0 Å². The first-order chi connectivity index (χ1) is 9.44. The van der Waals surface area contributed by atoms with Crippen LogP contribution < -0.4 is 0 Å². The van der Waals surface area contributed by atoms with Crippen molar-refractivity contribution >= 4 is 14.5 Å². The maximum Gasteiger partial charge on any atom is 0.461 e. The second kappa shape index (κ2) is 12.0. The molecular formula is C17H38AlNO. The molecule has 0 N–H and O–H groups in total. The third-order valence-corrected chi connectivity index (χ3v) is 6.67. The Morgan fingerprint density at radius 2 is 1.30 bits per heavy atom. The van der Waals surface area contributed by atoms with Gasteiger partial charge in [-0.25, -0.2) is 0 Å². The summed E-state index contributed by atoms with van der Waals surface area (Å²) >= 11 is -0.998. The summed E-state index contributed by atoms with van der Waals surface area (Å²) in [4.78, 5) is 2.60. The fourth-order valence-corrected chi connectivity index (χ4v) is 5.49. The largest absolute Gasteiger partial charge is 0.487 e. The highest BCUT2D eigenvalue weighted by atomic mass is 27.2. The molecule has 0 fully saturated rings. The summed E-state index contributed by atoms with van der Waals surface area (Å²) in [5, 5.41) is 2.67. The zero-order valence-electron chi connectivity index (χ0n) is 15.1. The molecule has 0 bridgehead atoms. The first-order valence-electron chi connectivity index (χ1n) is 8.83. The SMILES string of the molecule is CC[CH2][Al]([CH2]CC)[O]C(CC)N(CC(C)C)CC(C)C. The van der Waals surface area contributed by atoms with Crippen LogP contribution in [0.25, 0.3) is 0 Å². The Balaban J connectivity index is 4.67. The highest BCUT2D eigenvalue weighted by Crippen LogP contribution is 2.17. The van der Waals surface area contributed by atoms with E-state index < -0.39 is 14.5 Å². The van der Waals surface area contributed by atoms with Crippen LogP contribution in [0.5, 0.6) is 0 Å². The van der Waals surface area contributed by atoms with Crippen LogP contribution in [0, 0.1) is 11.8 Å². The maximum atomic E-state index is 6.61. The van der Waals surface area contributed by atoms with Crippen LogP contribution in [0.3, 0.4) is 0 Å². The molecule has 20 heavy (non-hydrogen) atoms.